The maximum absolute atomic E-state index is 12.3. The van der Waals surface area contributed by atoms with E-state index in [9.17, 15) is 9.59 Å². The molecule has 0 aliphatic heterocycles. The lowest BCUT2D eigenvalue weighted by molar-refractivity contribution is -0.124. The van der Waals surface area contributed by atoms with Crippen LogP contribution in [0.2, 0.25) is 0 Å². The number of benzene rings is 2. The molecule has 0 aliphatic carbocycles. The molecule has 2 aromatic carbocycles. The summed E-state index contributed by atoms with van der Waals surface area (Å²) >= 11 is 0. The molecule has 0 saturated heterocycles. The standard InChI is InChI=1S/C20H25NO5/c1-14(2)25-10-6-9-21-19(22)13-26-20(23)17-11-15-7-4-5-8-16(15)12-18(17)24-3/h4-5,7-8,11-12,14H,6,9-10,13H2,1-3H3,(H,21,22). The molecule has 6 heteroatoms. The average Bonchev–Trinajstić information content (AvgIpc) is 2.64. The van der Waals surface area contributed by atoms with Crippen molar-refractivity contribution in [1.82, 2.24) is 5.32 Å². The van der Waals surface area contributed by atoms with Crippen LogP contribution >= 0.6 is 0 Å². The van der Waals surface area contributed by atoms with Gasteiger partial charge in [0.1, 0.15) is 11.3 Å². The minimum Gasteiger partial charge on any atom is -0.496 e. The third kappa shape index (κ3) is 5.74. The van der Waals surface area contributed by atoms with Gasteiger partial charge in [-0.1, -0.05) is 24.3 Å². The molecule has 0 spiro atoms. The van der Waals surface area contributed by atoms with Gasteiger partial charge < -0.3 is 19.5 Å². The number of nitrogens with one attached hydrogen (secondary N) is 1. The van der Waals surface area contributed by atoms with Gasteiger partial charge in [-0.3, -0.25) is 4.79 Å². The number of hydrogen-bond acceptors (Lipinski definition) is 5. The average molecular weight is 359 g/mol. The summed E-state index contributed by atoms with van der Waals surface area (Å²) in [6, 6.07) is 11.1. The summed E-state index contributed by atoms with van der Waals surface area (Å²) in [5, 5.41) is 4.55. The third-order valence-corrected chi connectivity index (χ3v) is 3.72. The molecule has 0 unspecified atom stereocenters. The van der Waals surface area contributed by atoms with E-state index in [0.717, 1.165) is 10.8 Å². The van der Waals surface area contributed by atoms with Crippen molar-refractivity contribution < 1.29 is 23.8 Å². The topological polar surface area (TPSA) is 73.9 Å². The van der Waals surface area contributed by atoms with Crippen molar-refractivity contribution in [1.29, 1.82) is 0 Å². The molecule has 6 nitrogen and oxygen atoms in total. The Hall–Kier alpha value is -2.60. The van der Waals surface area contributed by atoms with Crippen molar-refractivity contribution in [2.75, 3.05) is 26.9 Å². The predicted molar refractivity (Wildman–Crippen MR) is 99.5 cm³/mol. The fourth-order valence-electron chi connectivity index (χ4n) is 2.43. The Morgan fingerprint density at radius 3 is 2.46 bits per heavy atom. The first-order valence-corrected chi connectivity index (χ1v) is 8.63. The van der Waals surface area contributed by atoms with E-state index in [-0.39, 0.29) is 18.6 Å². The number of rotatable bonds is 9. The highest BCUT2D eigenvalue weighted by Crippen LogP contribution is 2.26. The summed E-state index contributed by atoms with van der Waals surface area (Å²) < 4.78 is 15.8. The molecule has 0 atom stereocenters. The molecule has 1 N–H and O–H groups in total. The van der Waals surface area contributed by atoms with E-state index in [0.29, 0.717) is 30.9 Å². The van der Waals surface area contributed by atoms with Crippen molar-refractivity contribution >= 4 is 22.6 Å². The van der Waals surface area contributed by atoms with Gasteiger partial charge in [0.05, 0.1) is 13.2 Å². The van der Waals surface area contributed by atoms with Crippen LogP contribution in [0, 0.1) is 0 Å². The minimum absolute atomic E-state index is 0.170. The fraction of sp³-hybridized carbons (Fsp3) is 0.400. The Labute approximate surface area is 153 Å². The number of esters is 1. The normalized spacial score (nSPS) is 10.8. The van der Waals surface area contributed by atoms with E-state index in [1.54, 1.807) is 12.1 Å². The highest BCUT2D eigenvalue weighted by molar-refractivity contribution is 5.99. The van der Waals surface area contributed by atoms with Gasteiger partial charge in [-0.2, -0.15) is 0 Å². The summed E-state index contributed by atoms with van der Waals surface area (Å²) in [5.74, 6) is -0.520. The van der Waals surface area contributed by atoms with Crippen molar-refractivity contribution in [2.24, 2.45) is 0 Å². The van der Waals surface area contributed by atoms with Gasteiger partial charge in [-0.05, 0) is 43.2 Å². The second kappa shape index (κ2) is 9.77. The minimum atomic E-state index is -0.592. The number of amides is 1. The Morgan fingerprint density at radius 1 is 1.12 bits per heavy atom. The molecule has 0 fully saturated rings. The number of carbonyl (C=O) groups excluding carboxylic acids is 2. The Morgan fingerprint density at radius 2 is 1.81 bits per heavy atom. The van der Waals surface area contributed by atoms with Crippen LogP contribution in [0.25, 0.3) is 10.8 Å². The lowest BCUT2D eigenvalue weighted by Crippen LogP contribution is -2.30. The molecular formula is C20H25NO5. The smallest absolute Gasteiger partial charge is 0.342 e. The van der Waals surface area contributed by atoms with E-state index in [1.165, 1.54) is 7.11 Å². The molecule has 26 heavy (non-hydrogen) atoms. The quantitative estimate of drug-likeness (QED) is 0.550. The van der Waals surface area contributed by atoms with Gasteiger partial charge in [0, 0.05) is 13.2 Å². The highest BCUT2D eigenvalue weighted by atomic mass is 16.5. The molecule has 2 aromatic rings. The summed E-state index contributed by atoms with van der Waals surface area (Å²) in [5.41, 5.74) is 0.296. The van der Waals surface area contributed by atoms with E-state index in [4.69, 9.17) is 14.2 Å². The van der Waals surface area contributed by atoms with Crippen LogP contribution in [0.1, 0.15) is 30.6 Å². The molecule has 0 aromatic heterocycles. The highest BCUT2D eigenvalue weighted by Gasteiger charge is 2.16. The first-order chi connectivity index (χ1) is 12.5. The SMILES string of the molecule is COc1cc2ccccc2cc1C(=O)OCC(=O)NCCCOC(C)C. The van der Waals surface area contributed by atoms with Crippen LogP contribution in [-0.4, -0.2) is 44.8 Å². The van der Waals surface area contributed by atoms with E-state index < -0.39 is 5.97 Å². The zero-order chi connectivity index (χ0) is 18.9. The van der Waals surface area contributed by atoms with Gasteiger partial charge in [-0.25, -0.2) is 4.79 Å². The van der Waals surface area contributed by atoms with Crippen molar-refractivity contribution in [2.45, 2.75) is 26.4 Å². The van der Waals surface area contributed by atoms with Gasteiger partial charge >= 0.3 is 5.97 Å². The maximum Gasteiger partial charge on any atom is 0.342 e. The van der Waals surface area contributed by atoms with Gasteiger partial charge in [0.25, 0.3) is 5.91 Å². The van der Waals surface area contributed by atoms with Crippen LogP contribution in [0.5, 0.6) is 5.75 Å². The van der Waals surface area contributed by atoms with Crippen molar-refractivity contribution in [3.05, 3.63) is 42.0 Å². The number of methoxy groups -OCH3 is 1. The van der Waals surface area contributed by atoms with Gasteiger partial charge in [-0.15, -0.1) is 0 Å². The number of fused-ring (bicyclic) bond motifs is 1. The Kier molecular flexibility index (Phi) is 7.41. The predicted octanol–water partition coefficient (Wildman–Crippen LogP) is 2.94. The van der Waals surface area contributed by atoms with E-state index >= 15 is 0 Å². The second-order valence-corrected chi connectivity index (χ2v) is 6.10. The molecule has 140 valence electrons. The van der Waals surface area contributed by atoms with Gasteiger partial charge in [0.2, 0.25) is 0 Å². The summed E-state index contributed by atoms with van der Waals surface area (Å²) in [4.78, 5) is 24.1. The van der Waals surface area contributed by atoms with Crippen LogP contribution in [0.3, 0.4) is 0 Å². The maximum atomic E-state index is 12.3. The van der Waals surface area contributed by atoms with E-state index in [2.05, 4.69) is 5.32 Å². The molecule has 0 aliphatic rings. The molecular weight excluding hydrogens is 334 g/mol. The molecule has 1 amide bonds. The second-order valence-electron chi connectivity index (χ2n) is 6.10. The first-order valence-electron chi connectivity index (χ1n) is 8.63. The summed E-state index contributed by atoms with van der Waals surface area (Å²) in [7, 11) is 1.49. The summed E-state index contributed by atoms with van der Waals surface area (Å²) in [6.07, 6.45) is 0.875. The zero-order valence-corrected chi connectivity index (χ0v) is 15.4. The largest absolute Gasteiger partial charge is 0.496 e. The monoisotopic (exact) mass is 359 g/mol. The lowest BCUT2D eigenvalue weighted by Gasteiger charge is -2.11. The number of carbonyl (C=O) groups is 2. The zero-order valence-electron chi connectivity index (χ0n) is 15.4. The number of ether oxygens (including phenoxy) is 3. The molecule has 2 rings (SSSR count). The molecule has 0 saturated carbocycles. The summed E-state index contributed by atoms with van der Waals surface area (Å²) in [6.45, 7) is 4.63. The first kappa shape index (κ1) is 19.7. The van der Waals surface area contributed by atoms with Crippen LogP contribution in [0.15, 0.2) is 36.4 Å². The van der Waals surface area contributed by atoms with Crippen LogP contribution < -0.4 is 10.1 Å². The molecule has 0 radical (unpaired) electrons. The Balaban J connectivity index is 1.87. The van der Waals surface area contributed by atoms with Gasteiger partial charge in [0.15, 0.2) is 6.61 Å². The molecule has 0 heterocycles. The van der Waals surface area contributed by atoms with Crippen molar-refractivity contribution in [3.63, 3.8) is 0 Å². The Bertz CT molecular complexity index is 757. The van der Waals surface area contributed by atoms with Crippen LogP contribution in [0.4, 0.5) is 0 Å². The van der Waals surface area contributed by atoms with Crippen LogP contribution in [-0.2, 0) is 14.3 Å². The lowest BCUT2D eigenvalue weighted by atomic mass is 10.1. The fourth-order valence-corrected chi connectivity index (χ4v) is 2.43. The van der Waals surface area contributed by atoms with Crippen molar-refractivity contribution in [3.8, 4) is 5.75 Å². The third-order valence-electron chi connectivity index (χ3n) is 3.72. The molecule has 0 bridgehead atoms. The van der Waals surface area contributed by atoms with E-state index in [1.807, 2.05) is 38.1 Å². The number of hydrogen-bond donors (Lipinski definition) is 1.